The first-order valence-corrected chi connectivity index (χ1v) is 8.20. The monoisotopic (exact) mass is 316 g/mol. The molecule has 1 saturated carbocycles. The van der Waals surface area contributed by atoms with E-state index < -0.39 is 0 Å². The summed E-state index contributed by atoms with van der Waals surface area (Å²) in [6, 6.07) is 9.52. The van der Waals surface area contributed by atoms with Crippen molar-refractivity contribution in [3.63, 3.8) is 0 Å². The third kappa shape index (κ3) is 2.99. The molecule has 1 aromatic heterocycles. The second-order valence-electron chi connectivity index (χ2n) is 5.02. The van der Waals surface area contributed by atoms with Crippen LogP contribution in [0.4, 0.5) is 0 Å². The van der Waals surface area contributed by atoms with Crippen LogP contribution in [0, 0.1) is 5.92 Å². The van der Waals surface area contributed by atoms with Gasteiger partial charge in [0.1, 0.15) is 5.69 Å². The summed E-state index contributed by atoms with van der Waals surface area (Å²) in [6.45, 7) is 0. The van der Waals surface area contributed by atoms with Crippen LogP contribution in [0.3, 0.4) is 0 Å². The molecule has 1 fully saturated rings. The summed E-state index contributed by atoms with van der Waals surface area (Å²) >= 11 is 1.45. The van der Waals surface area contributed by atoms with Crippen LogP contribution in [-0.2, 0) is 4.79 Å². The number of nitrogens with one attached hydrogen (secondary N) is 2. The minimum atomic E-state index is -0.384. The van der Waals surface area contributed by atoms with E-state index in [2.05, 4.69) is 15.8 Å². The van der Waals surface area contributed by atoms with Gasteiger partial charge in [0.05, 0.1) is 6.20 Å². The quantitative estimate of drug-likeness (QED) is 0.666. The molecule has 0 aliphatic heterocycles. The van der Waals surface area contributed by atoms with Gasteiger partial charge in [-0.3, -0.25) is 25.0 Å². The number of hydrogen-bond donors (Lipinski definition) is 2. The van der Waals surface area contributed by atoms with Gasteiger partial charge in [-0.1, -0.05) is 30.0 Å². The second kappa shape index (κ2) is 6.23. The molecule has 1 aliphatic rings. The SMILES string of the molecule is CSc1ncc(C(=O)NNC(=O)C2CC2)n1-c1ccccc1. The van der Waals surface area contributed by atoms with Gasteiger partial charge in [-0.2, -0.15) is 0 Å². The van der Waals surface area contributed by atoms with Crippen molar-refractivity contribution in [2.45, 2.75) is 18.0 Å². The first kappa shape index (κ1) is 14.6. The lowest BCUT2D eigenvalue weighted by molar-refractivity contribution is -0.123. The van der Waals surface area contributed by atoms with E-state index in [4.69, 9.17) is 0 Å². The summed E-state index contributed by atoms with van der Waals surface area (Å²) < 4.78 is 1.77. The fraction of sp³-hybridized carbons (Fsp3) is 0.267. The number of amides is 2. The lowest BCUT2D eigenvalue weighted by Crippen LogP contribution is -2.43. The van der Waals surface area contributed by atoms with Gasteiger partial charge in [0.25, 0.3) is 5.91 Å². The highest BCUT2D eigenvalue weighted by molar-refractivity contribution is 7.98. The van der Waals surface area contributed by atoms with Gasteiger partial charge >= 0.3 is 0 Å². The molecular weight excluding hydrogens is 300 g/mol. The van der Waals surface area contributed by atoms with E-state index in [0.717, 1.165) is 18.5 Å². The molecule has 0 atom stereocenters. The molecule has 6 nitrogen and oxygen atoms in total. The van der Waals surface area contributed by atoms with Gasteiger partial charge in [-0.25, -0.2) is 4.98 Å². The van der Waals surface area contributed by atoms with Crippen LogP contribution < -0.4 is 10.9 Å². The maximum absolute atomic E-state index is 12.3. The molecule has 114 valence electrons. The molecule has 0 unspecified atom stereocenters. The average molecular weight is 316 g/mol. The van der Waals surface area contributed by atoms with Crippen LogP contribution in [0.25, 0.3) is 5.69 Å². The number of hydrogen-bond acceptors (Lipinski definition) is 4. The largest absolute Gasteiger partial charge is 0.288 e. The van der Waals surface area contributed by atoms with Crippen LogP contribution in [0.15, 0.2) is 41.7 Å². The number of hydrazine groups is 1. The first-order valence-electron chi connectivity index (χ1n) is 6.98. The Labute approximate surface area is 132 Å². The van der Waals surface area contributed by atoms with Crippen molar-refractivity contribution in [3.05, 3.63) is 42.2 Å². The summed E-state index contributed by atoms with van der Waals surface area (Å²) in [7, 11) is 0. The Balaban J connectivity index is 1.82. The molecule has 22 heavy (non-hydrogen) atoms. The standard InChI is InChI=1S/C15H16N4O2S/c1-22-15-16-9-12(19(15)11-5-3-2-4-6-11)14(21)18-17-13(20)10-7-8-10/h2-6,9-10H,7-8H2,1H3,(H,17,20)(H,18,21). The molecule has 0 bridgehead atoms. The summed E-state index contributed by atoms with van der Waals surface area (Å²) in [6.07, 6.45) is 5.19. The Morgan fingerprint density at radius 3 is 2.59 bits per heavy atom. The number of thioether (sulfide) groups is 1. The zero-order chi connectivity index (χ0) is 15.5. The zero-order valence-electron chi connectivity index (χ0n) is 12.1. The molecular formula is C15H16N4O2S. The second-order valence-corrected chi connectivity index (χ2v) is 5.79. The van der Waals surface area contributed by atoms with Gasteiger partial charge in [0.15, 0.2) is 5.16 Å². The van der Waals surface area contributed by atoms with E-state index in [0.29, 0.717) is 10.9 Å². The van der Waals surface area contributed by atoms with E-state index in [1.54, 1.807) is 4.57 Å². The van der Waals surface area contributed by atoms with E-state index in [9.17, 15) is 9.59 Å². The molecule has 2 amide bonds. The van der Waals surface area contributed by atoms with Gasteiger partial charge in [0.2, 0.25) is 5.91 Å². The zero-order valence-corrected chi connectivity index (χ0v) is 12.9. The molecule has 1 heterocycles. The lowest BCUT2D eigenvalue weighted by Gasteiger charge is -2.11. The Kier molecular flexibility index (Phi) is 4.15. The van der Waals surface area contributed by atoms with Crippen LogP contribution in [-0.4, -0.2) is 27.6 Å². The Bertz CT molecular complexity index is 695. The molecule has 0 radical (unpaired) electrons. The van der Waals surface area contributed by atoms with Gasteiger partial charge in [-0.05, 0) is 31.2 Å². The number of benzene rings is 1. The normalized spacial score (nSPS) is 13.7. The topological polar surface area (TPSA) is 76.0 Å². The number of aromatic nitrogens is 2. The summed E-state index contributed by atoms with van der Waals surface area (Å²) in [5.41, 5.74) is 6.15. The van der Waals surface area contributed by atoms with E-state index in [1.165, 1.54) is 18.0 Å². The fourth-order valence-electron chi connectivity index (χ4n) is 2.10. The highest BCUT2D eigenvalue weighted by atomic mass is 32.2. The van der Waals surface area contributed by atoms with Gasteiger partial charge in [-0.15, -0.1) is 0 Å². The fourth-order valence-corrected chi connectivity index (χ4v) is 2.64. The number of rotatable bonds is 4. The van der Waals surface area contributed by atoms with Crippen molar-refractivity contribution >= 4 is 23.6 Å². The van der Waals surface area contributed by atoms with Crippen LogP contribution >= 0.6 is 11.8 Å². The van der Waals surface area contributed by atoms with Crippen LogP contribution in [0.1, 0.15) is 23.3 Å². The number of carbonyl (C=O) groups is 2. The summed E-state index contributed by atoms with van der Waals surface area (Å²) in [4.78, 5) is 28.2. The van der Waals surface area contributed by atoms with E-state index in [-0.39, 0.29) is 17.7 Å². The minimum Gasteiger partial charge on any atom is -0.283 e. The predicted molar refractivity (Wildman–Crippen MR) is 83.7 cm³/mol. The van der Waals surface area contributed by atoms with Crippen molar-refractivity contribution in [2.75, 3.05) is 6.26 Å². The highest BCUT2D eigenvalue weighted by Crippen LogP contribution is 2.28. The molecule has 1 aromatic carbocycles. The van der Waals surface area contributed by atoms with Crippen molar-refractivity contribution in [1.82, 2.24) is 20.4 Å². The number of imidazole rings is 1. The maximum atomic E-state index is 12.3. The number of carbonyl (C=O) groups excluding carboxylic acids is 2. The minimum absolute atomic E-state index is 0.0427. The van der Waals surface area contributed by atoms with Crippen molar-refractivity contribution in [3.8, 4) is 5.69 Å². The molecule has 2 N–H and O–H groups in total. The number of para-hydroxylation sites is 1. The molecule has 1 aliphatic carbocycles. The third-order valence-corrected chi connectivity index (χ3v) is 4.06. The molecule has 7 heteroatoms. The highest BCUT2D eigenvalue weighted by Gasteiger charge is 2.30. The van der Waals surface area contributed by atoms with E-state index >= 15 is 0 Å². The molecule has 3 rings (SSSR count). The Morgan fingerprint density at radius 2 is 1.95 bits per heavy atom. The van der Waals surface area contributed by atoms with Crippen LogP contribution in [0.5, 0.6) is 0 Å². The predicted octanol–water partition coefficient (Wildman–Crippen LogP) is 1.77. The Morgan fingerprint density at radius 1 is 1.23 bits per heavy atom. The third-order valence-electron chi connectivity index (χ3n) is 3.41. The molecule has 2 aromatic rings. The average Bonchev–Trinajstić information content (AvgIpc) is 3.31. The molecule has 0 spiro atoms. The van der Waals surface area contributed by atoms with Gasteiger partial charge < -0.3 is 0 Å². The van der Waals surface area contributed by atoms with E-state index in [1.807, 2.05) is 36.6 Å². The van der Waals surface area contributed by atoms with Crippen LogP contribution in [0.2, 0.25) is 0 Å². The number of nitrogens with zero attached hydrogens (tertiary/aromatic N) is 2. The van der Waals surface area contributed by atoms with Crippen molar-refractivity contribution in [1.29, 1.82) is 0 Å². The first-order chi connectivity index (χ1) is 10.7. The maximum Gasteiger partial charge on any atom is 0.288 e. The van der Waals surface area contributed by atoms with Crippen molar-refractivity contribution in [2.24, 2.45) is 5.92 Å². The summed E-state index contributed by atoms with van der Waals surface area (Å²) in [5, 5.41) is 0.713. The lowest BCUT2D eigenvalue weighted by atomic mass is 10.3. The van der Waals surface area contributed by atoms with Crippen molar-refractivity contribution < 1.29 is 9.59 Å². The molecule has 0 saturated heterocycles. The smallest absolute Gasteiger partial charge is 0.283 e. The Hall–Kier alpha value is -2.28. The van der Waals surface area contributed by atoms with Gasteiger partial charge in [0, 0.05) is 11.6 Å². The summed E-state index contributed by atoms with van der Waals surface area (Å²) in [5.74, 6) is -0.476.